The molecule has 4 heterocycles. The van der Waals surface area contributed by atoms with Gasteiger partial charge >= 0.3 is 12.5 Å². The Labute approximate surface area is 265 Å². The molecule has 1 fully saturated rings. The van der Waals surface area contributed by atoms with Gasteiger partial charge in [-0.2, -0.15) is 17.6 Å². The maximum absolute atomic E-state index is 13.3. The first-order valence-corrected chi connectivity index (χ1v) is 14.9. The topological polar surface area (TPSA) is 137 Å². The highest BCUT2D eigenvalue weighted by Crippen LogP contribution is 2.37. The quantitative estimate of drug-likeness (QED) is 0.209. The van der Waals surface area contributed by atoms with Gasteiger partial charge in [0.25, 0.3) is 17.4 Å². The molecule has 1 aromatic heterocycles. The highest BCUT2D eigenvalue weighted by Gasteiger charge is 2.44. The molecule has 3 aliphatic heterocycles. The van der Waals surface area contributed by atoms with E-state index in [9.17, 15) is 37.1 Å². The number of carbonyl (C=O) groups is 2. The van der Waals surface area contributed by atoms with Crippen molar-refractivity contribution >= 4 is 28.9 Å². The van der Waals surface area contributed by atoms with Gasteiger partial charge in [-0.05, 0) is 68.9 Å². The lowest BCUT2D eigenvalue weighted by atomic mass is 10.00. The third-order valence-electron chi connectivity index (χ3n) is 8.32. The predicted molar refractivity (Wildman–Crippen MR) is 162 cm³/mol. The van der Waals surface area contributed by atoms with Crippen molar-refractivity contribution in [1.82, 2.24) is 14.8 Å². The Kier molecular flexibility index (Phi) is 8.76. The number of piperidine rings is 1. The molecule has 3 N–H and O–H groups in total. The summed E-state index contributed by atoms with van der Waals surface area (Å²) in [7, 11) is 2.01. The largest absolute Gasteiger partial charge is 0.491 e. The summed E-state index contributed by atoms with van der Waals surface area (Å²) in [6, 6.07) is 9.41. The zero-order valence-electron chi connectivity index (χ0n) is 25.1. The SMILES string of the molecule is CN1CCC(N2C(=O)c3cc4c(cc3C2=O)N=C(c2c(NCC(O)COc3cccc(OC(F)(F)C(F)F)c3)cc[nH]c2=O)C4)CC1. The van der Waals surface area contributed by atoms with E-state index in [1.807, 2.05) is 7.05 Å². The summed E-state index contributed by atoms with van der Waals surface area (Å²) < 4.78 is 60.9. The number of pyridine rings is 1. The molecular formula is C32H31F4N5O6. The minimum atomic E-state index is -4.68. The molecule has 2 amide bonds. The van der Waals surface area contributed by atoms with E-state index in [1.165, 1.54) is 23.2 Å². The van der Waals surface area contributed by atoms with Gasteiger partial charge in [0, 0.05) is 31.3 Å². The summed E-state index contributed by atoms with van der Waals surface area (Å²) in [5.41, 5.74) is 2.34. The first kappa shape index (κ1) is 32.2. The Balaban J connectivity index is 1.12. The molecular weight excluding hydrogens is 626 g/mol. The summed E-state index contributed by atoms with van der Waals surface area (Å²) in [6.07, 6.45) is -6.77. The van der Waals surface area contributed by atoms with Gasteiger partial charge in [-0.3, -0.25) is 24.3 Å². The predicted octanol–water partition coefficient (Wildman–Crippen LogP) is 3.83. The van der Waals surface area contributed by atoms with Crippen LogP contribution in [0.4, 0.5) is 28.9 Å². The standard InChI is InChI=1S/C32H31F4N5O6/c1-40-9-6-18(7-10-40)41-29(44)22-11-17-12-26(39-25(17)14-23(22)30(41)45)27-24(5-8-37-28(27)43)38-15-19(42)16-46-20-3-2-4-21(13-20)47-32(35,36)31(33)34/h2-5,8,11,13-14,18-19,31,42H,6-7,9-10,12,15-16H2,1H3,(H2,37,38,43). The van der Waals surface area contributed by atoms with Gasteiger partial charge in [-0.15, -0.1) is 0 Å². The smallest absolute Gasteiger partial charge is 0.461 e. The van der Waals surface area contributed by atoms with Gasteiger partial charge in [0.1, 0.15) is 24.2 Å². The molecule has 0 radical (unpaired) electrons. The molecule has 11 nitrogen and oxygen atoms in total. The number of fused-ring (bicyclic) bond motifs is 2. The number of imide groups is 1. The van der Waals surface area contributed by atoms with Crippen LogP contribution in [0.1, 0.15) is 44.7 Å². The number of likely N-dealkylation sites (tertiary alicyclic amines) is 1. The minimum absolute atomic E-state index is 0.000127. The molecule has 3 aromatic rings. The van der Waals surface area contributed by atoms with Crippen molar-refractivity contribution in [3.63, 3.8) is 0 Å². The number of ether oxygens (including phenoxy) is 2. The minimum Gasteiger partial charge on any atom is -0.491 e. The second-order valence-electron chi connectivity index (χ2n) is 11.7. The van der Waals surface area contributed by atoms with E-state index in [4.69, 9.17) is 4.74 Å². The first-order chi connectivity index (χ1) is 22.4. The normalized spacial score (nSPS) is 17.5. The van der Waals surface area contributed by atoms with Crippen LogP contribution in [-0.4, -0.2) is 95.4 Å². The molecule has 0 spiro atoms. The molecule has 248 valence electrons. The van der Waals surface area contributed by atoms with Crippen LogP contribution < -0.4 is 20.3 Å². The number of nitrogens with one attached hydrogen (secondary N) is 2. The molecule has 2 aromatic carbocycles. The van der Waals surface area contributed by atoms with Crippen LogP contribution >= 0.6 is 0 Å². The van der Waals surface area contributed by atoms with Gasteiger partial charge in [0.15, 0.2) is 0 Å². The number of alkyl halides is 4. The zero-order valence-corrected chi connectivity index (χ0v) is 25.1. The van der Waals surface area contributed by atoms with Crippen molar-refractivity contribution in [2.45, 2.75) is 43.9 Å². The van der Waals surface area contributed by atoms with Crippen LogP contribution in [-0.2, 0) is 6.42 Å². The van der Waals surface area contributed by atoms with Gasteiger partial charge in [0.05, 0.1) is 33.8 Å². The Bertz CT molecular complexity index is 1790. The number of aromatic amines is 1. The maximum Gasteiger partial charge on any atom is 0.461 e. The van der Waals surface area contributed by atoms with Crippen LogP contribution in [0.25, 0.3) is 0 Å². The number of benzene rings is 2. The molecule has 0 saturated carbocycles. The van der Waals surface area contributed by atoms with E-state index >= 15 is 0 Å². The van der Waals surface area contributed by atoms with Crippen molar-refractivity contribution in [3.8, 4) is 11.5 Å². The number of H-pyrrole nitrogens is 1. The van der Waals surface area contributed by atoms with Crippen LogP contribution in [0.2, 0.25) is 0 Å². The molecule has 0 aliphatic carbocycles. The first-order valence-electron chi connectivity index (χ1n) is 14.9. The lowest BCUT2D eigenvalue weighted by Gasteiger charge is -2.33. The van der Waals surface area contributed by atoms with E-state index in [-0.39, 0.29) is 48.7 Å². The monoisotopic (exact) mass is 657 g/mol. The number of hydrogen-bond acceptors (Lipinski definition) is 9. The van der Waals surface area contributed by atoms with E-state index in [0.29, 0.717) is 46.6 Å². The number of anilines is 1. The molecule has 1 atom stereocenters. The fourth-order valence-electron chi connectivity index (χ4n) is 5.90. The van der Waals surface area contributed by atoms with E-state index in [0.717, 1.165) is 25.2 Å². The summed E-state index contributed by atoms with van der Waals surface area (Å²) in [6.45, 7) is 1.19. The van der Waals surface area contributed by atoms with Gasteiger partial charge < -0.3 is 29.8 Å². The van der Waals surface area contributed by atoms with Crippen LogP contribution in [0, 0.1) is 0 Å². The number of nitrogens with zero attached hydrogens (tertiary/aromatic N) is 3. The summed E-state index contributed by atoms with van der Waals surface area (Å²) in [5.74, 6) is -1.20. The van der Waals surface area contributed by atoms with E-state index in [1.54, 1.807) is 18.2 Å². The fraction of sp³-hybridized carbons (Fsp3) is 0.375. The molecule has 1 unspecified atom stereocenters. The average Bonchev–Trinajstić information content (AvgIpc) is 3.55. The lowest BCUT2D eigenvalue weighted by Crippen LogP contribution is -2.46. The van der Waals surface area contributed by atoms with E-state index < -0.39 is 29.9 Å². The molecule has 15 heteroatoms. The van der Waals surface area contributed by atoms with Crippen LogP contribution in [0.15, 0.2) is 58.4 Å². The summed E-state index contributed by atoms with van der Waals surface area (Å²) in [5, 5.41) is 13.5. The van der Waals surface area contributed by atoms with Crippen LogP contribution in [0.5, 0.6) is 11.5 Å². The average molecular weight is 658 g/mol. The second kappa shape index (κ2) is 12.8. The van der Waals surface area contributed by atoms with Gasteiger partial charge in [0.2, 0.25) is 0 Å². The lowest BCUT2D eigenvalue weighted by molar-refractivity contribution is -0.253. The molecule has 3 aliphatic rings. The second-order valence-corrected chi connectivity index (χ2v) is 11.7. The third kappa shape index (κ3) is 6.58. The van der Waals surface area contributed by atoms with Gasteiger partial charge in [-0.1, -0.05) is 6.07 Å². The molecule has 47 heavy (non-hydrogen) atoms. The number of carbonyl (C=O) groups excluding carboxylic acids is 2. The van der Waals surface area contributed by atoms with Crippen molar-refractivity contribution in [3.05, 3.63) is 81.3 Å². The maximum atomic E-state index is 13.3. The zero-order chi connectivity index (χ0) is 33.5. The number of aliphatic hydroxyl groups is 1. The van der Waals surface area contributed by atoms with Crippen molar-refractivity contribution < 1.29 is 41.7 Å². The fourth-order valence-corrected chi connectivity index (χ4v) is 5.90. The van der Waals surface area contributed by atoms with Crippen molar-refractivity contribution in [2.75, 3.05) is 38.6 Å². The van der Waals surface area contributed by atoms with Gasteiger partial charge in [-0.25, -0.2) is 0 Å². The number of aliphatic imine (C=N–C) groups is 1. The highest BCUT2D eigenvalue weighted by atomic mass is 19.3. The molecule has 0 bridgehead atoms. The number of rotatable bonds is 11. The Morgan fingerprint density at radius 1 is 1.06 bits per heavy atom. The summed E-state index contributed by atoms with van der Waals surface area (Å²) >= 11 is 0. The number of aliphatic hydroxyl groups excluding tert-OH is 1. The molecule has 6 rings (SSSR count). The summed E-state index contributed by atoms with van der Waals surface area (Å²) in [4.78, 5) is 50.4. The molecule has 1 saturated heterocycles. The Hall–Kier alpha value is -4.76. The van der Waals surface area contributed by atoms with Crippen LogP contribution in [0.3, 0.4) is 0 Å². The number of amides is 2. The Morgan fingerprint density at radius 2 is 1.77 bits per heavy atom. The number of aromatic nitrogens is 1. The number of hydrogen-bond donors (Lipinski definition) is 3. The number of halogens is 4. The van der Waals surface area contributed by atoms with Crippen molar-refractivity contribution in [2.24, 2.45) is 4.99 Å². The van der Waals surface area contributed by atoms with Crippen molar-refractivity contribution in [1.29, 1.82) is 0 Å². The third-order valence-corrected chi connectivity index (χ3v) is 8.32. The Morgan fingerprint density at radius 3 is 2.49 bits per heavy atom. The van der Waals surface area contributed by atoms with E-state index in [2.05, 4.69) is 24.9 Å². The highest BCUT2D eigenvalue weighted by molar-refractivity contribution is 6.22.